The normalized spacial score (nSPS) is 14.6. The van der Waals surface area contributed by atoms with Crippen molar-refractivity contribution in [1.29, 1.82) is 0 Å². The fourth-order valence-corrected chi connectivity index (χ4v) is 15.6. The third-order valence-electron chi connectivity index (χ3n) is 20.4. The number of rotatable bonds is 6. The molecule has 450 valence electrons. The molecule has 0 amide bonds. The molecule has 13 aromatic rings. The Morgan fingerprint density at radius 1 is 0.374 bits per heavy atom. The molecule has 6 nitrogen and oxygen atoms in total. The van der Waals surface area contributed by atoms with Crippen LogP contribution in [0.25, 0.3) is 55.0 Å². The third-order valence-corrected chi connectivity index (χ3v) is 20.4. The first-order chi connectivity index (χ1) is 43.4. The quantitative estimate of drug-likeness (QED) is 0.165. The van der Waals surface area contributed by atoms with Crippen LogP contribution in [0.1, 0.15) is 153 Å². The average Bonchev–Trinajstić information content (AvgIpc) is 1.55. The summed E-state index contributed by atoms with van der Waals surface area (Å²) in [6.07, 6.45) is 4.12. The molecule has 3 aliphatic rings. The van der Waals surface area contributed by atoms with Crippen LogP contribution in [0.4, 0.5) is 51.2 Å². The first kappa shape index (κ1) is 56.6. The number of para-hydroxylation sites is 4. The van der Waals surface area contributed by atoms with E-state index in [9.17, 15) is 0 Å². The monoisotopic (exact) mass is 1190 g/mol. The molecule has 91 heavy (non-hydrogen) atoms. The van der Waals surface area contributed by atoms with E-state index in [0.717, 1.165) is 117 Å². The number of benzene rings is 10. The highest BCUT2D eigenvalue weighted by atomic mass is 16.3. The Bertz CT molecular complexity index is 4750. The third kappa shape index (κ3) is 8.26. The maximum atomic E-state index is 7.72. The van der Waals surface area contributed by atoms with Crippen LogP contribution >= 0.6 is 0 Å². The van der Waals surface area contributed by atoms with Crippen LogP contribution < -0.4 is 14.7 Å². The summed E-state index contributed by atoms with van der Waals surface area (Å²) in [6.45, 7) is 32.3. The number of nitrogens with zero attached hydrogens (tertiary/aromatic N) is 4. The Morgan fingerprint density at radius 2 is 0.758 bits per heavy atom. The molecule has 6 heteroatoms. The smallest absolute Gasteiger partial charge is 0.145 e. The SMILES string of the molecule is CC(C)(C)c1ccc(N(c2ccc(C(C)(C)C)cc2)c2cc3c(c4oc5ccccc5c24)-c2c(cc(N(c4ccc(C(C)(C)C)cc4)c4ccc(C(C)(C)C)cc4)c4c2oc2ccccc24)C32c3ccncc3N3c4ccccc4C(C)(C)c4cccc2c43)cc1. The van der Waals surface area contributed by atoms with Gasteiger partial charge in [0.15, 0.2) is 0 Å². The van der Waals surface area contributed by atoms with Gasteiger partial charge in [0.1, 0.15) is 22.3 Å². The summed E-state index contributed by atoms with van der Waals surface area (Å²) in [5, 5.41) is 4.14. The number of hydrogen-bond donors (Lipinski definition) is 0. The van der Waals surface area contributed by atoms with E-state index in [1.807, 2.05) is 6.20 Å². The lowest BCUT2D eigenvalue weighted by atomic mass is 9.61. The van der Waals surface area contributed by atoms with Crippen LogP contribution in [-0.2, 0) is 32.5 Å². The summed E-state index contributed by atoms with van der Waals surface area (Å²) in [7, 11) is 0. The molecule has 3 aromatic heterocycles. The number of aromatic nitrogens is 1. The van der Waals surface area contributed by atoms with Gasteiger partial charge in [-0.1, -0.05) is 218 Å². The zero-order chi connectivity index (χ0) is 63.1. The number of anilines is 9. The first-order valence-electron chi connectivity index (χ1n) is 32.4. The number of fused-ring (bicyclic) bond motifs is 19. The van der Waals surface area contributed by atoms with E-state index in [1.54, 1.807) is 0 Å². The van der Waals surface area contributed by atoms with E-state index in [0.29, 0.717) is 0 Å². The summed E-state index contributed by atoms with van der Waals surface area (Å²) in [6, 6.07) is 77.8. The standard InChI is InChI=1S/C85H78N4O2/c1-80(2,3)51-30-38-55(39-31-51)87(56-40-32-52(33-41-56)81(4,5)6)68-48-65-75(78-73(68)59-22-15-19-28-71(59)90-78)76-66(85(65)62-46-47-86-50-70(62)89-67-27-18-17-24-61(67)84(13,14)63-25-21-26-64(85)77(63)89)49-69(74-60-23-16-20-29-72(60)91-79(74)76)88(57-42-34-53(35-43-57)82(7,8)9)58-44-36-54(37-45-58)83(10,11)12/h15-50H,1-14H3. The Kier molecular flexibility index (Phi) is 12.1. The van der Waals surface area contributed by atoms with Crippen LogP contribution in [-0.4, -0.2) is 4.98 Å². The van der Waals surface area contributed by atoms with E-state index in [4.69, 9.17) is 13.8 Å². The highest BCUT2D eigenvalue weighted by Gasteiger charge is 2.57. The van der Waals surface area contributed by atoms with E-state index < -0.39 is 5.41 Å². The maximum Gasteiger partial charge on any atom is 0.145 e. The second-order valence-corrected chi connectivity index (χ2v) is 30.4. The van der Waals surface area contributed by atoms with Gasteiger partial charge in [-0.25, -0.2) is 0 Å². The molecule has 0 saturated carbocycles. The lowest BCUT2D eigenvalue weighted by molar-refractivity contribution is 0.590. The van der Waals surface area contributed by atoms with Crippen LogP contribution in [0.5, 0.6) is 0 Å². The van der Waals surface area contributed by atoms with Gasteiger partial charge in [-0.15, -0.1) is 0 Å². The van der Waals surface area contributed by atoms with Gasteiger partial charge in [-0.05, 0) is 162 Å². The molecule has 5 heterocycles. The Balaban J connectivity index is 1.11. The van der Waals surface area contributed by atoms with Gasteiger partial charge < -0.3 is 23.5 Å². The minimum atomic E-state index is -1.02. The van der Waals surface area contributed by atoms with Crippen molar-refractivity contribution in [3.8, 4) is 11.1 Å². The largest absolute Gasteiger partial charge is 0.455 e. The topological polar surface area (TPSA) is 48.9 Å². The van der Waals surface area contributed by atoms with E-state index >= 15 is 0 Å². The molecule has 0 saturated heterocycles. The van der Waals surface area contributed by atoms with Gasteiger partial charge in [0.2, 0.25) is 0 Å². The van der Waals surface area contributed by atoms with Gasteiger partial charge in [0.25, 0.3) is 0 Å². The molecule has 0 radical (unpaired) electrons. The molecular formula is C85H78N4O2. The van der Waals surface area contributed by atoms with E-state index in [-0.39, 0.29) is 27.1 Å². The summed E-state index contributed by atoms with van der Waals surface area (Å²) < 4.78 is 15.4. The zero-order valence-corrected chi connectivity index (χ0v) is 54.9. The minimum absolute atomic E-state index is 0.0549. The molecular weight excluding hydrogens is 1110 g/mol. The molecule has 10 aromatic carbocycles. The van der Waals surface area contributed by atoms with Crippen LogP contribution in [0.3, 0.4) is 0 Å². The second-order valence-electron chi connectivity index (χ2n) is 30.4. The van der Waals surface area contributed by atoms with Crippen molar-refractivity contribution in [1.82, 2.24) is 4.98 Å². The van der Waals surface area contributed by atoms with Crippen molar-refractivity contribution in [2.24, 2.45) is 0 Å². The molecule has 0 fully saturated rings. The minimum Gasteiger partial charge on any atom is -0.455 e. The van der Waals surface area contributed by atoms with Crippen LogP contribution in [0, 0.1) is 0 Å². The Labute approximate surface area is 535 Å². The molecule has 1 spiro atoms. The molecule has 1 aliphatic carbocycles. The predicted molar refractivity (Wildman–Crippen MR) is 381 cm³/mol. The van der Waals surface area contributed by atoms with Gasteiger partial charge in [-0.3, -0.25) is 4.98 Å². The summed E-state index contributed by atoms with van der Waals surface area (Å²) >= 11 is 0. The van der Waals surface area contributed by atoms with E-state index in [1.165, 1.54) is 44.6 Å². The van der Waals surface area contributed by atoms with Crippen molar-refractivity contribution >= 4 is 95.1 Å². The van der Waals surface area contributed by atoms with Crippen molar-refractivity contribution < 1.29 is 8.83 Å². The van der Waals surface area contributed by atoms with Crippen molar-refractivity contribution in [2.45, 2.75) is 129 Å². The Morgan fingerprint density at radius 3 is 1.19 bits per heavy atom. The van der Waals surface area contributed by atoms with Gasteiger partial charge in [-0.2, -0.15) is 0 Å². The zero-order valence-electron chi connectivity index (χ0n) is 54.9. The molecule has 2 aliphatic heterocycles. The highest BCUT2D eigenvalue weighted by molar-refractivity contribution is 6.25. The fourth-order valence-electron chi connectivity index (χ4n) is 15.6. The lowest BCUT2D eigenvalue weighted by Gasteiger charge is -2.50. The molecule has 0 unspecified atom stereocenters. The highest BCUT2D eigenvalue weighted by Crippen LogP contribution is 2.70. The van der Waals surface area contributed by atoms with Crippen molar-refractivity contribution in [3.63, 3.8) is 0 Å². The number of furan rings is 2. The fraction of sp³-hybridized carbons (Fsp3) is 0.235. The summed E-state index contributed by atoms with van der Waals surface area (Å²) in [4.78, 5) is 12.6. The molecule has 0 N–H and O–H groups in total. The summed E-state index contributed by atoms with van der Waals surface area (Å²) in [5.41, 5.74) is 25.4. The van der Waals surface area contributed by atoms with Crippen LogP contribution in [0.15, 0.2) is 227 Å². The molecule has 0 bridgehead atoms. The van der Waals surface area contributed by atoms with Crippen molar-refractivity contribution in [3.05, 3.63) is 274 Å². The maximum absolute atomic E-state index is 7.72. The van der Waals surface area contributed by atoms with Crippen molar-refractivity contribution in [2.75, 3.05) is 14.7 Å². The van der Waals surface area contributed by atoms with Gasteiger partial charge in [0, 0.05) is 56.3 Å². The predicted octanol–water partition coefficient (Wildman–Crippen LogP) is 23.8. The number of hydrogen-bond acceptors (Lipinski definition) is 6. The first-order valence-corrected chi connectivity index (χ1v) is 32.4. The van der Waals surface area contributed by atoms with Crippen LogP contribution in [0.2, 0.25) is 0 Å². The second kappa shape index (κ2) is 19.4. The Hall–Kier alpha value is -9.65. The average molecular weight is 1190 g/mol. The molecule has 16 rings (SSSR count). The number of pyridine rings is 1. The van der Waals surface area contributed by atoms with Gasteiger partial charge >= 0.3 is 0 Å². The molecule has 0 atom stereocenters. The summed E-state index contributed by atoms with van der Waals surface area (Å²) in [5.74, 6) is 0. The van der Waals surface area contributed by atoms with Gasteiger partial charge in [0.05, 0.1) is 50.8 Å². The van der Waals surface area contributed by atoms with E-state index in [2.05, 4.69) is 324 Å². The lowest BCUT2D eigenvalue weighted by Crippen LogP contribution is -2.41.